The van der Waals surface area contributed by atoms with Crippen LogP contribution < -0.4 is 10.6 Å². The van der Waals surface area contributed by atoms with Gasteiger partial charge < -0.3 is 10.6 Å². The molecule has 2 N–H and O–H groups in total. The number of hydrogen-bond acceptors (Lipinski definition) is 5. The summed E-state index contributed by atoms with van der Waals surface area (Å²) in [4.78, 5) is 36.8. The van der Waals surface area contributed by atoms with Crippen LogP contribution in [-0.2, 0) is 9.59 Å². The third-order valence-corrected chi connectivity index (χ3v) is 5.50. The molecule has 0 bridgehead atoms. The van der Waals surface area contributed by atoms with Crippen LogP contribution in [0.2, 0.25) is 5.02 Å². The molecule has 1 heterocycles. The maximum absolute atomic E-state index is 12.6. The van der Waals surface area contributed by atoms with Crippen LogP contribution in [0, 0.1) is 16.0 Å². The summed E-state index contributed by atoms with van der Waals surface area (Å²) in [7, 11) is 0. The highest BCUT2D eigenvalue weighted by atomic mass is 35.5. The molecule has 0 radical (unpaired) electrons. The summed E-state index contributed by atoms with van der Waals surface area (Å²) in [6.45, 7) is 3.20. The summed E-state index contributed by atoms with van der Waals surface area (Å²) in [5, 5.41) is 16.9. The van der Waals surface area contributed by atoms with Crippen molar-refractivity contribution >= 4 is 34.8 Å². The number of hydrogen-bond donors (Lipinski definition) is 2. The molecule has 0 aromatic heterocycles. The number of piperidine rings is 1. The number of carbonyl (C=O) groups is 2. The Hall–Kier alpha value is -2.19. The Bertz CT molecular complexity index is 745. The molecule has 3 rings (SSSR count). The second kappa shape index (κ2) is 8.22. The van der Waals surface area contributed by atoms with Gasteiger partial charge in [0.15, 0.2) is 0 Å². The number of nitro benzene ring substituents is 1. The lowest BCUT2D eigenvalue weighted by molar-refractivity contribution is -0.384. The van der Waals surface area contributed by atoms with E-state index in [4.69, 9.17) is 11.6 Å². The first-order chi connectivity index (χ1) is 12.8. The zero-order chi connectivity index (χ0) is 19.6. The van der Waals surface area contributed by atoms with E-state index in [2.05, 4.69) is 10.6 Å². The van der Waals surface area contributed by atoms with Gasteiger partial charge in [-0.15, -0.1) is 0 Å². The molecule has 1 aliphatic heterocycles. The first kappa shape index (κ1) is 19.6. The van der Waals surface area contributed by atoms with Crippen molar-refractivity contribution in [3.8, 4) is 0 Å². The number of amides is 2. The zero-order valence-electron chi connectivity index (χ0n) is 15.1. The van der Waals surface area contributed by atoms with Crippen LogP contribution in [0.4, 0.5) is 11.4 Å². The molecule has 146 valence electrons. The van der Waals surface area contributed by atoms with Gasteiger partial charge in [-0.1, -0.05) is 11.6 Å². The van der Waals surface area contributed by atoms with Crippen LogP contribution in [0.1, 0.15) is 32.6 Å². The molecule has 1 saturated heterocycles. The molecule has 0 spiro atoms. The molecule has 1 saturated carbocycles. The third kappa shape index (κ3) is 4.95. The van der Waals surface area contributed by atoms with Gasteiger partial charge in [0, 0.05) is 37.2 Å². The number of nitrogens with zero attached hydrogens (tertiary/aromatic N) is 2. The van der Waals surface area contributed by atoms with E-state index >= 15 is 0 Å². The van der Waals surface area contributed by atoms with Gasteiger partial charge in [-0.2, -0.15) is 0 Å². The summed E-state index contributed by atoms with van der Waals surface area (Å²) >= 11 is 6.04. The maximum Gasteiger partial charge on any atom is 0.271 e. The molecule has 1 unspecified atom stereocenters. The minimum absolute atomic E-state index is 0.130. The number of likely N-dealkylation sites (tertiary alicyclic amines) is 1. The zero-order valence-corrected chi connectivity index (χ0v) is 15.9. The largest absolute Gasteiger partial charge is 0.353 e. The van der Waals surface area contributed by atoms with Gasteiger partial charge in [-0.05, 0) is 38.7 Å². The summed E-state index contributed by atoms with van der Waals surface area (Å²) < 4.78 is 0. The minimum atomic E-state index is -0.532. The Kier molecular flexibility index (Phi) is 5.96. The summed E-state index contributed by atoms with van der Waals surface area (Å²) in [6, 6.07) is 3.71. The Morgan fingerprint density at radius 1 is 1.26 bits per heavy atom. The van der Waals surface area contributed by atoms with E-state index in [0.29, 0.717) is 13.1 Å². The van der Waals surface area contributed by atoms with Crippen LogP contribution in [0.3, 0.4) is 0 Å². The van der Waals surface area contributed by atoms with Crippen LogP contribution >= 0.6 is 11.6 Å². The van der Waals surface area contributed by atoms with Crippen molar-refractivity contribution in [3.05, 3.63) is 33.3 Å². The number of non-ortho nitro benzene ring substituents is 1. The highest BCUT2D eigenvalue weighted by molar-refractivity contribution is 6.33. The van der Waals surface area contributed by atoms with E-state index in [-0.39, 0.29) is 40.2 Å². The Morgan fingerprint density at radius 3 is 2.52 bits per heavy atom. The molecule has 9 heteroatoms. The van der Waals surface area contributed by atoms with Crippen LogP contribution in [0.15, 0.2) is 18.2 Å². The fourth-order valence-corrected chi connectivity index (χ4v) is 3.39. The minimum Gasteiger partial charge on any atom is -0.353 e. The van der Waals surface area contributed by atoms with Crippen molar-refractivity contribution in [1.29, 1.82) is 0 Å². The number of anilines is 1. The number of rotatable bonds is 6. The second-order valence-electron chi connectivity index (χ2n) is 7.18. The first-order valence-corrected chi connectivity index (χ1v) is 9.52. The molecular formula is C18H23ClN4O4. The SMILES string of the molecule is CC(C(=O)Nc1cc([N+](=O)[O-])ccc1Cl)N1CCC(NC(=O)C2CC2)CC1. The fraction of sp³-hybridized carbons (Fsp3) is 0.556. The smallest absolute Gasteiger partial charge is 0.271 e. The predicted molar refractivity (Wildman–Crippen MR) is 102 cm³/mol. The second-order valence-corrected chi connectivity index (χ2v) is 7.59. The van der Waals surface area contributed by atoms with E-state index in [9.17, 15) is 19.7 Å². The van der Waals surface area contributed by atoms with Crippen LogP contribution in [0.25, 0.3) is 0 Å². The van der Waals surface area contributed by atoms with Crippen molar-refractivity contribution < 1.29 is 14.5 Å². The molecule has 2 fully saturated rings. The molecule has 1 aromatic carbocycles. The highest BCUT2D eigenvalue weighted by Gasteiger charge is 2.33. The quantitative estimate of drug-likeness (QED) is 0.570. The van der Waals surface area contributed by atoms with Gasteiger partial charge in [0.2, 0.25) is 11.8 Å². The van der Waals surface area contributed by atoms with E-state index in [1.807, 2.05) is 4.90 Å². The molecule has 1 aliphatic carbocycles. The van der Waals surface area contributed by atoms with E-state index < -0.39 is 11.0 Å². The van der Waals surface area contributed by atoms with Crippen molar-refractivity contribution in [2.45, 2.75) is 44.7 Å². The monoisotopic (exact) mass is 394 g/mol. The van der Waals surface area contributed by atoms with Gasteiger partial charge in [0.05, 0.1) is 21.7 Å². The average Bonchev–Trinajstić information content (AvgIpc) is 3.48. The first-order valence-electron chi connectivity index (χ1n) is 9.14. The molecule has 8 nitrogen and oxygen atoms in total. The topological polar surface area (TPSA) is 105 Å². The van der Waals surface area contributed by atoms with Crippen LogP contribution in [-0.4, -0.2) is 46.8 Å². The number of halogens is 1. The normalized spacial score (nSPS) is 19.3. The summed E-state index contributed by atoms with van der Waals surface area (Å²) in [6.07, 6.45) is 3.57. The van der Waals surface area contributed by atoms with Gasteiger partial charge >= 0.3 is 0 Å². The van der Waals surface area contributed by atoms with Crippen molar-refractivity contribution in [3.63, 3.8) is 0 Å². The van der Waals surface area contributed by atoms with Crippen molar-refractivity contribution in [2.24, 2.45) is 5.92 Å². The lowest BCUT2D eigenvalue weighted by atomic mass is 10.0. The number of nitrogens with one attached hydrogen (secondary N) is 2. The molecule has 2 aliphatic rings. The Labute approximate surface area is 162 Å². The molecule has 1 atom stereocenters. The van der Waals surface area contributed by atoms with Crippen molar-refractivity contribution in [1.82, 2.24) is 10.2 Å². The van der Waals surface area contributed by atoms with Gasteiger partial charge in [-0.3, -0.25) is 24.6 Å². The molecular weight excluding hydrogens is 372 g/mol. The number of benzene rings is 1. The lowest BCUT2D eigenvalue weighted by Gasteiger charge is -2.35. The maximum atomic E-state index is 12.6. The van der Waals surface area contributed by atoms with E-state index in [1.165, 1.54) is 18.2 Å². The third-order valence-electron chi connectivity index (χ3n) is 5.17. The summed E-state index contributed by atoms with van der Waals surface area (Å²) in [5.74, 6) is 0.0878. The number of carbonyl (C=O) groups excluding carboxylic acids is 2. The standard InChI is InChI=1S/C18H23ClN4O4/c1-11(17(24)21-16-10-14(23(26)27)4-5-15(16)19)22-8-6-13(7-9-22)20-18(25)12-2-3-12/h4-5,10-13H,2-3,6-9H2,1H3,(H,20,25)(H,21,24). The number of nitro groups is 1. The van der Waals surface area contributed by atoms with Crippen LogP contribution in [0.5, 0.6) is 0 Å². The fourth-order valence-electron chi connectivity index (χ4n) is 3.22. The lowest BCUT2D eigenvalue weighted by Crippen LogP contribution is -2.50. The van der Waals surface area contributed by atoms with Gasteiger partial charge in [0.1, 0.15) is 0 Å². The van der Waals surface area contributed by atoms with E-state index in [1.54, 1.807) is 6.92 Å². The predicted octanol–water partition coefficient (Wildman–Crippen LogP) is 2.57. The Balaban J connectivity index is 1.53. The Morgan fingerprint density at radius 2 is 1.93 bits per heavy atom. The van der Waals surface area contributed by atoms with Gasteiger partial charge in [-0.25, -0.2) is 0 Å². The molecule has 2 amide bonds. The summed E-state index contributed by atoms with van der Waals surface area (Å²) in [5.41, 5.74) is 0.101. The molecule has 1 aromatic rings. The van der Waals surface area contributed by atoms with E-state index in [0.717, 1.165) is 25.7 Å². The average molecular weight is 395 g/mol. The molecule has 27 heavy (non-hydrogen) atoms. The van der Waals surface area contributed by atoms with Gasteiger partial charge in [0.25, 0.3) is 5.69 Å². The highest BCUT2D eigenvalue weighted by Crippen LogP contribution is 2.29. The van der Waals surface area contributed by atoms with Crippen molar-refractivity contribution in [2.75, 3.05) is 18.4 Å².